The van der Waals surface area contributed by atoms with E-state index < -0.39 is 0 Å². The Kier molecular flexibility index (Phi) is 4.84. The zero-order chi connectivity index (χ0) is 14.5. The maximum atomic E-state index is 11.8. The molecule has 0 heterocycles. The van der Waals surface area contributed by atoms with Gasteiger partial charge in [0.25, 0.3) is 5.91 Å². The van der Waals surface area contributed by atoms with Crippen LogP contribution in [0.1, 0.15) is 36.5 Å². The molecular formula is C15H23N3O2. The molecular weight excluding hydrogens is 254 g/mol. The summed E-state index contributed by atoms with van der Waals surface area (Å²) in [6, 6.07) is 5.84. The number of nitrogens with zero attached hydrogens (tertiary/aromatic N) is 1. The van der Waals surface area contributed by atoms with Gasteiger partial charge in [0, 0.05) is 24.7 Å². The second kappa shape index (κ2) is 6.61. The van der Waals surface area contributed by atoms with Crippen molar-refractivity contribution in [3.05, 3.63) is 23.8 Å². The fourth-order valence-electron chi connectivity index (χ4n) is 2.53. The summed E-state index contributed by atoms with van der Waals surface area (Å²) in [6.07, 6.45) is 3.50. The Labute approximate surface area is 119 Å². The van der Waals surface area contributed by atoms with Crippen molar-refractivity contribution in [1.29, 1.82) is 0 Å². The number of rotatable bonds is 6. The molecule has 0 saturated heterocycles. The molecule has 5 nitrogen and oxygen atoms in total. The smallest absolute Gasteiger partial charge is 0.251 e. The Morgan fingerprint density at radius 1 is 1.50 bits per heavy atom. The van der Waals surface area contributed by atoms with E-state index in [1.54, 1.807) is 12.1 Å². The van der Waals surface area contributed by atoms with E-state index in [1.165, 1.54) is 6.42 Å². The second-order valence-electron chi connectivity index (χ2n) is 5.13. The number of benzene rings is 1. The van der Waals surface area contributed by atoms with Crippen LogP contribution in [0, 0.1) is 0 Å². The van der Waals surface area contributed by atoms with Crippen molar-refractivity contribution in [3.63, 3.8) is 0 Å². The molecule has 1 aromatic carbocycles. The van der Waals surface area contributed by atoms with Crippen LogP contribution in [-0.2, 0) is 0 Å². The number of carbonyl (C=O) groups is 1. The van der Waals surface area contributed by atoms with Gasteiger partial charge in [-0.1, -0.05) is 0 Å². The van der Waals surface area contributed by atoms with E-state index in [0.717, 1.165) is 18.5 Å². The monoisotopic (exact) mass is 277 g/mol. The van der Waals surface area contributed by atoms with Crippen LogP contribution < -0.4 is 16.0 Å². The molecule has 1 saturated carbocycles. The predicted octanol–water partition coefficient (Wildman–Crippen LogP) is 1.37. The highest BCUT2D eigenvalue weighted by Crippen LogP contribution is 2.33. The number of hydrogen-bond donors (Lipinski definition) is 3. The standard InChI is InChI=1S/C15H23N3O2/c1-2-17-15(20)11-6-7-14(13(16)10-11)18(8-9-19)12-4-3-5-12/h6-7,10,12,19H,2-5,8-9,16H2,1H3,(H,17,20). The maximum absolute atomic E-state index is 11.8. The Hall–Kier alpha value is -1.75. The third kappa shape index (κ3) is 3.04. The molecule has 2 rings (SSSR count). The lowest BCUT2D eigenvalue weighted by Crippen LogP contribution is -2.42. The van der Waals surface area contributed by atoms with Crippen molar-refractivity contribution in [2.45, 2.75) is 32.2 Å². The largest absolute Gasteiger partial charge is 0.397 e. The van der Waals surface area contributed by atoms with Gasteiger partial charge in [0.05, 0.1) is 18.0 Å². The van der Waals surface area contributed by atoms with E-state index in [-0.39, 0.29) is 12.5 Å². The molecule has 110 valence electrons. The second-order valence-corrected chi connectivity index (χ2v) is 5.13. The molecule has 0 bridgehead atoms. The first-order valence-corrected chi connectivity index (χ1v) is 7.22. The first kappa shape index (κ1) is 14.7. The van der Waals surface area contributed by atoms with E-state index in [0.29, 0.717) is 30.4 Å². The van der Waals surface area contributed by atoms with Crippen molar-refractivity contribution >= 4 is 17.3 Å². The fraction of sp³-hybridized carbons (Fsp3) is 0.533. The summed E-state index contributed by atoms with van der Waals surface area (Å²) in [5, 5.41) is 12.0. The molecule has 1 aliphatic rings. The van der Waals surface area contributed by atoms with Crippen LogP contribution in [0.3, 0.4) is 0 Å². The van der Waals surface area contributed by atoms with Gasteiger partial charge >= 0.3 is 0 Å². The predicted molar refractivity (Wildman–Crippen MR) is 80.9 cm³/mol. The van der Waals surface area contributed by atoms with Crippen LogP contribution in [0.25, 0.3) is 0 Å². The van der Waals surface area contributed by atoms with Gasteiger partial charge < -0.3 is 21.1 Å². The molecule has 4 N–H and O–H groups in total. The summed E-state index contributed by atoms with van der Waals surface area (Å²) in [5.41, 5.74) is 8.18. The minimum Gasteiger partial charge on any atom is -0.397 e. The van der Waals surface area contributed by atoms with Crippen molar-refractivity contribution in [2.24, 2.45) is 0 Å². The number of amides is 1. The lowest BCUT2D eigenvalue weighted by atomic mass is 9.90. The average Bonchev–Trinajstić information content (AvgIpc) is 2.36. The van der Waals surface area contributed by atoms with Gasteiger partial charge in [-0.2, -0.15) is 0 Å². The Bertz CT molecular complexity index is 472. The normalized spacial score (nSPS) is 14.7. The van der Waals surface area contributed by atoms with E-state index >= 15 is 0 Å². The molecule has 0 spiro atoms. The quantitative estimate of drug-likeness (QED) is 0.686. The van der Waals surface area contributed by atoms with E-state index in [9.17, 15) is 9.90 Å². The van der Waals surface area contributed by atoms with Crippen molar-refractivity contribution < 1.29 is 9.90 Å². The highest BCUT2D eigenvalue weighted by Gasteiger charge is 2.26. The molecule has 1 fully saturated rings. The van der Waals surface area contributed by atoms with Gasteiger partial charge in [-0.3, -0.25) is 4.79 Å². The highest BCUT2D eigenvalue weighted by atomic mass is 16.3. The topological polar surface area (TPSA) is 78.6 Å². The van der Waals surface area contributed by atoms with E-state index in [4.69, 9.17) is 5.73 Å². The number of aliphatic hydroxyl groups is 1. The van der Waals surface area contributed by atoms with Gasteiger partial charge in [-0.15, -0.1) is 0 Å². The number of nitrogens with one attached hydrogen (secondary N) is 1. The van der Waals surface area contributed by atoms with Gasteiger partial charge in [0.2, 0.25) is 0 Å². The summed E-state index contributed by atoms with van der Waals surface area (Å²) in [7, 11) is 0. The summed E-state index contributed by atoms with van der Waals surface area (Å²) < 4.78 is 0. The molecule has 0 radical (unpaired) electrons. The lowest BCUT2D eigenvalue weighted by molar-refractivity contribution is 0.0956. The van der Waals surface area contributed by atoms with Crippen LogP contribution in [0.4, 0.5) is 11.4 Å². The zero-order valence-corrected chi connectivity index (χ0v) is 11.9. The summed E-state index contributed by atoms with van der Waals surface area (Å²) in [4.78, 5) is 13.9. The van der Waals surface area contributed by atoms with Gasteiger partial charge in [-0.05, 0) is 44.4 Å². The van der Waals surface area contributed by atoms with Crippen molar-refractivity contribution in [3.8, 4) is 0 Å². The SMILES string of the molecule is CCNC(=O)c1ccc(N(CCO)C2CCC2)c(N)c1. The number of aliphatic hydroxyl groups excluding tert-OH is 1. The van der Waals surface area contributed by atoms with E-state index in [2.05, 4.69) is 10.2 Å². The van der Waals surface area contributed by atoms with Gasteiger partial charge in [-0.25, -0.2) is 0 Å². The third-order valence-corrected chi connectivity index (χ3v) is 3.79. The van der Waals surface area contributed by atoms with Crippen molar-refractivity contribution in [2.75, 3.05) is 30.3 Å². The van der Waals surface area contributed by atoms with Crippen molar-refractivity contribution in [1.82, 2.24) is 5.32 Å². The van der Waals surface area contributed by atoms with Crippen LogP contribution in [0.2, 0.25) is 0 Å². The summed E-state index contributed by atoms with van der Waals surface area (Å²) in [5.74, 6) is -0.108. The zero-order valence-electron chi connectivity index (χ0n) is 11.9. The van der Waals surface area contributed by atoms with E-state index in [1.807, 2.05) is 13.0 Å². The first-order chi connectivity index (χ1) is 9.67. The number of nitrogens with two attached hydrogens (primary N) is 1. The third-order valence-electron chi connectivity index (χ3n) is 3.79. The molecule has 5 heteroatoms. The lowest BCUT2D eigenvalue weighted by Gasteiger charge is -2.39. The minimum atomic E-state index is -0.108. The Morgan fingerprint density at radius 3 is 2.75 bits per heavy atom. The first-order valence-electron chi connectivity index (χ1n) is 7.22. The van der Waals surface area contributed by atoms with Gasteiger partial charge in [0.15, 0.2) is 0 Å². The Morgan fingerprint density at radius 2 is 2.25 bits per heavy atom. The fourth-order valence-corrected chi connectivity index (χ4v) is 2.53. The molecule has 1 aliphatic carbocycles. The maximum Gasteiger partial charge on any atom is 0.251 e. The molecule has 0 aliphatic heterocycles. The van der Waals surface area contributed by atoms with Gasteiger partial charge in [0.1, 0.15) is 0 Å². The summed E-state index contributed by atoms with van der Waals surface area (Å²) in [6.45, 7) is 3.16. The average molecular weight is 277 g/mol. The molecule has 0 atom stereocenters. The molecule has 0 unspecified atom stereocenters. The van der Waals surface area contributed by atoms with Crippen LogP contribution in [-0.4, -0.2) is 36.8 Å². The molecule has 1 amide bonds. The number of carbonyl (C=O) groups excluding carboxylic acids is 1. The Balaban J connectivity index is 2.20. The summed E-state index contributed by atoms with van der Waals surface area (Å²) >= 11 is 0. The van der Waals surface area contributed by atoms with Crippen LogP contribution in [0.5, 0.6) is 0 Å². The molecule has 20 heavy (non-hydrogen) atoms. The van der Waals surface area contributed by atoms with Crippen LogP contribution in [0.15, 0.2) is 18.2 Å². The minimum absolute atomic E-state index is 0.105. The number of anilines is 2. The molecule has 0 aromatic heterocycles. The van der Waals surface area contributed by atoms with Crippen LogP contribution >= 0.6 is 0 Å². The number of hydrogen-bond acceptors (Lipinski definition) is 4. The molecule has 1 aromatic rings. The highest BCUT2D eigenvalue weighted by molar-refractivity contribution is 5.96. The number of nitrogen functional groups attached to an aromatic ring is 1.